The summed E-state index contributed by atoms with van der Waals surface area (Å²) < 4.78 is 0. The summed E-state index contributed by atoms with van der Waals surface area (Å²) in [5.74, 6) is 0. The maximum atomic E-state index is 4.07. The van der Waals surface area contributed by atoms with Crippen LogP contribution in [0.1, 0.15) is 19.8 Å². The Labute approximate surface area is 92.5 Å². The summed E-state index contributed by atoms with van der Waals surface area (Å²) in [6, 6.07) is 0.484. The molecular weight excluding hydrogens is 184 g/mol. The van der Waals surface area contributed by atoms with Gasteiger partial charge in [0.15, 0.2) is 0 Å². The molecule has 0 aromatic heterocycles. The molecule has 1 N–H and O–H groups in total. The van der Waals surface area contributed by atoms with E-state index in [1.165, 1.54) is 5.57 Å². The first-order valence-electron chi connectivity index (χ1n) is 5.42. The number of rotatable bonds is 6. The molecule has 2 nitrogen and oxygen atoms in total. The lowest BCUT2D eigenvalue weighted by molar-refractivity contribution is 0.534. The number of hydrogen-bond acceptors (Lipinski definition) is 2. The molecule has 0 aliphatic heterocycles. The number of aliphatic imine (C=N–C) groups is 1. The van der Waals surface area contributed by atoms with Crippen LogP contribution in [0, 0.1) is 0 Å². The topological polar surface area (TPSA) is 24.4 Å². The SMILES string of the molecule is C=NC1C=CC=CC1NCCCC(=C)C. The number of nitrogens with one attached hydrogen (secondary N) is 1. The third-order valence-electron chi connectivity index (χ3n) is 2.48. The first-order valence-corrected chi connectivity index (χ1v) is 5.42. The molecule has 0 saturated heterocycles. The molecule has 15 heavy (non-hydrogen) atoms. The van der Waals surface area contributed by atoms with Crippen molar-refractivity contribution >= 4 is 6.72 Å². The minimum Gasteiger partial charge on any atom is -0.308 e. The largest absolute Gasteiger partial charge is 0.308 e. The van der Waals surface area contributed by atoms with Gasteiger partial charge in [-0.2, -0.15) is 0 Å². The van der Waals surface area contributed by atoms with Crippen LogP contribution in [-0.2, 0) is 0 Å². The molecule has 0 spiro atoms. The van der Waals surface area contributed by atoms with Gasteiger partial charge in [-0.25, -0.2) is 0 Å². The first kappa shape index (κ1) is 11.9. The second-order valence-electron chi connectivity index (χ2n) is 3.98. The van der Waals surface area contributed by atoms with Gasteiger partial charge < -0.3 is 5.32 Å². The molecule has 1 aliphatic rings. The van der Waals surface area contributed by atoms with E-state index in [1.54, 1.807) is 0 Å². The standard InChI is InChI=1S/C13H20N2/c1-11(2)7-6-10-15-13-9-5-4-8-12(13)14-3/h4-5,8-9,12-13,15H,1,3,6-7,10H2,2H3. The molecule has 0 saturated carbocycles. The summed E-state index contributed by atoms with van der Waals surface area (Å²) >= 11 is 0. The van der Waals surface area contributed by atoms with Gasteiger partial charge in [0.05, 0.1) is 12.1 Å². The van der Waals surface area contributed by atoms with Crippen LogP contribution in [-0.4, -0.2) is 25.3 Å². The fraction of sp³-hybridized carbons (Fsp3) is 0.462. The third kappa shape index (κ3) is 4.26. The maximum absolute atomic E-state index is 4.07. The molecule has 0 radical (unpaired) electrons. The van der Waals surface area contributed by atoms with E-state index in [0.717, 1.165) is 19.4 Å². The van der Waals surface area contributed by atoms with Crippen LogP contribution in [0.3, 0.4) is 0 Å². The molecular formula is C13H20N2. The predicted octanol–water partition coefficient (Wildman–Crippen LogP) is 2.50. The lowest BCUT2D eigenvalue weighted by Crippen LogP contribution is -2.37. The van der Waals surface area contributed by atoms with Crippen molar-refractivity contribution in [3.05, 3.63) is 36.5 Å². The van der Waals surface area contributed by atoms with Gasteiger partial charge in [-0.05, 0) is 33.0 Å². The smallest absolute Gasteiger partial charge is 0.0864 e. The van der Waals surface area contributed by atoms with Crippen LogP contribution in [0.15, 0.2) is 41.4 Å². The molecule has 1 aliphatic carbocycles. The van der Waals surface area contributed by atoms with Gasteiger partial charge in [-0.1, -0.05) is 29.9 Å². The van der Waals surface area contributed by atoms with Gasteiger partial charge >= 0.3 is 0 Å². The average molecular weight is 204 g/mol. The molecule has 0 amide bonds. The highest BCUT2D eigenvalue weighted by Gasteiger charge is 2.15. The van der Waals surface area contributed by atoms with E-state index in [1.807, 2.05) is 6.08 Å². The minimum atomic E-state index is 0.180. The summed E-state index contributed by atoms with van der Waals surface area (Å²) in [6.07, 6.45) is 10.5. The van der Waals surface area contributed by atoms with Gasteiger partial charge in [-0.3, -0.25) is 4.99 Å². The molecule has 2 heteroatoms. The first-order chi connectivity index (χ1) is 7.24. The van der Waals surface area contributed by atoms with Crippen molar-refractivity contribution in [1.82, 2.24) is 5.32 Å². The summed E-state index contributed by atoms with van der Waals surface area (Å²) in [7, 11) is 0. The lowest BCUT2D eigenvalue weighted by Gasteiger charge is -2.21. The summed E-state index contributed by atoms with van der Waals surface area (Å²) in [4.78, 5) is 4.07. The van der Waals surface area contributed by atoms with Crippen molar-refractivity contribution in [1.29, 1.82) is 0 Å². The molecule has 0 bridgehead atoms. The molecule has 2 unspecified atom stereocenters. The third-order valence-corrected chi connectivity index (χ3v) is 2.48. The van der Waals surface area contributed by atoms with E-state index < -0.39 is 0 Å². The number of allylic oxidation sites excluding steroid dienone is 3. The number of nitrogens with zero attached hydrogens (tertiary/aromatic N) is 1. The van der Waals surface area contributed by atoms with E-state index >= 15 is 0 Å². The van der Waals surface area contributed by atoms with Gasteiger partial charge in [0.1, 0.15) is 0 Å². The average Bonchev–Trinajstić information content (AvgIpc) is 2.24. The number of hydrogen-bond donors (Lipinski definition) is 1. The Kier molecular flexibility index (Phi) is 5.05. The summed E-state index contributed by atoms with van der Waals surface area (Å²) in [5, 5.41) is 3.47. The van der Waals surface area contributed by atoms with Crippen LogP contribution in [0.25, 0.3) is 0 Å². The predicted molar refractivity (Wildman–Crippen MR) is 67.5 cm³/mol. The summed E-state index contributed by atoms with van der Waals surface area (Å²) in [5.41, 5.74) is 1.24. The van der Waals surface area contributed by atoms with Gasteiger partial charge in [0.2, 0.25) is 0 Å². The van der Waals surface area contributed by atoms with Crippen molar-refractivity contribution < 1.29 is 0 Å². The van der Waals surface area contributed by atoms with Gasteiger partial charge in [-0.15, -0.1) is 6.58 Å². The zero-order valence-electron chi connectivity index (χ0n) is 9.45. The Balaban J connectivity index is 2.25. The maximum Gasteiger partial charge on any atom is 0.0864 e. The van der Waals surface area contributed by atoms with Crippen molar-refractivity contribution in [2.24, 2.45) is 4.99 Å². The Morgan fingerprint density at radius 2 is 2.13 bits per heavy atom. The molecule has 0 aromatic carbocycles. The second-order valence-corrected chi connectivity index (χ2v) is 3.98. The van der Waals surface area contributed by atoms with E-state index in [2.05, 4.69) is 48.8 Å². The van der Waals surface area contributed by atoms with Crippen molar-refractivity contribution in [2.45, 2.75) is 31.8 Å². The Bertz CT molecular complexity index is 276. The van der Waals surface area contributed by atoms with E-state index in [4.69, 9.17) is 0 Å². The molecule has 0 aromatic rings. The zero-order chi connectivity index (χ0) is 11.1. The Morgan fingerprint density at radius 3 is 2.80 bits per heavy atom. The quantitative estimate of drug-likeness (QED) is 0.401. The fourth-order valence-electron chi connectivity index (χ4n) is 1.62. The Morgan fingerprint density at radius 1 is 1.40 bits per heavy atom. The lowest BCUT2D eigenvalue weighted by atomic mass is 10.0. The van der Waals surface area contributed by atoms with Crippen molar-refractivity contribution in [3.8, 4) is 0 Å². The van der Waals surface area contributed by atoms with Crippen LogP contribution in [0.2, 0.25) is 0 Å². The van der Waals surface area contributed by atoms with Gasteiger partial charge in [0.25, 0.3) is 0 Å². The van der Waals surface area contributed by atoms with Crippen molar-refractivity contribution in [3.63, 3.8) is 0 Å². The summed E-state index contributed by atoms with van der Waals surface area (Å²) in [6.45, 7) is 10.6. The Hall–Kier alpha value is -1.15. The minimum absolute atomic E-state index is 0.180. The highest BCUT2D eigenvalue weighted by atomic mass is 15.0. The monoisotopic (exact) mass is 204 g/mol. The normalized spacial score (nSPS) is 24.1. The molecule has 0 heterocycles. The fourth-order valence-corrected chi connectivity index (χ4v) is 1.62. The van der Waals surface area contributed by atoms with Crippen LogP contribution < -0.4 is 5.32 Å². The highest BCUT2D eigenvalue weighted by Crippen LogP contribution is 2.08. The molecule has 2 atom stereocenters. The molecule has 1 rings (SSSR count). The van der Waals surface area contributed by atoms with Crippen molar-refractivity contribution in [2.75, 3.05) is 6.54 Å². The van der Waals surface area contributed by atoms with Crippen LogP contribution >= 0.6 is 0 Å². The van der Waals surface area contributed by atoms with Crippen LogP contribution in [0.4, 0.5) is 0 Å². The van der Waals surface area contributed by atoms with Crippen LogP contribution in [0.5, 0.6) is 0 Å². The van der Waals surface area contributed by atoms with E-state index in [-0.39, 0.29) is 6.04 Å². The highest BCUT2D eigenvalue weighted by molar-refractivity contribution is 5.30. The van der Waals surface area contributed by atoms with E-state index in [0.29, 0.717) is 6.04 Å². The van der Waals surface area contributed by atoms with E-state index in [9.17, 15) is 0 Å². The molecule has 82 valence electrons. The van der Waals surface area contributed by atoms with Gasteiger partial charge in [0, 0.05) is 0 Å². The second kappa shape index (κ2) is 6.36. The molecule has 0 fully saturated rings. The zero-order valence-corrected chi connectivity index (χ0v) is 9.45.